The third-order valence-electron chi connectivity index (χ3n) is 2.94. The van der Waals surface area contributed by atoms with Gasteiger partial charge in [-0.3, -0.25) is 16.3 Å². The second-order valence-corrected chi connectivity index (χ2v) is 5.78. The Morgan fingerprint density at radius 3 is 2.79 bits per heavy atom. The van der Waals surface area contributed by atoms with Gasteiger partial charge in [0.05, 0.1) is 6.04 Å². The molecule has 100 valence electrons. The Labute approximate surface area is 126 Å². The summed E-state index contributed by atoms with van der Waals surface area (Å²) >= 11 is 9.63. The maximum atomic E-state index is 6.24. The van der Waals surface area contributed by atoms with Gasteiger partial charge in [-0.15, -0.1) is 0 Å². The fourth-order valence-electron chi connectivity index (χ4n) is 1.95. The van der Waals surface area contributed by atoms with Gasteiger partial charge in [0.2, 0.25) is 0 Å². The lowest BCUT2D eigenvalue weighted by molar-refractivity contribution is 0.550. The van der Waals surface area contributed by atoms with Crippen molar-refractivity contribution in [1.29, 1.82) is 0 Å². The number of hydrogen-bond acceptors (Lipinski definition) is 3. The number of rotatable bonds is 4. The Morgan fingerprint density at radius 1 is 1.37 bits per heavy atom. The molecule has 0 saturated heterocycles. The average Bonchev–Trinajstić information content (AvgIpc) is 2.38. The number of nitrogens with one attached hydrogen (secondary N) is 1. The molecule has 1 aromatic carbocycles. The van der Waals surface area contributed by atoms with Gasteiger partial charge in [-0.1, -0.05) is 39.7 Å². The zero-order chi connectivity index (χ0) is 13.8. The van der Waals surface area contributed by atoms with E-state index in [4.69, 9.17) is 17.4 Å². The molecule has 3 nitrogen and oxygen atoms in total. The van der Waals surface area contributed by atoms with Gasteiger partial charge in [0.25, 0.3) is 0 Å². The lowest BCUT2D eigenvalue weighted by Crippen LogP contribution is -2.29. The van der Waals surface area contributed by atoms with Crippen LogP contribution in [0.25, 0.3) is 0 Å². The molecule has 1 unspecified atom stereocenters. The standard InChI is InChI=1S/C14H15BrClN3/c1-9-4-11(8-18-7-9)14(19-17)5-10-2-3-12(15)6-13(10)16/h2-4,6-8,14,19H,5,17H2,1H3. The van der Waals surface area contributed by atoms with Gasteiger partial charge < -0.3 is 0 Å². The molecule has 0 fully saturated rings. The maximum absolute atomic E-state index is 6.24. The zero-order valence-corrected chi connectivity index (χ0v) is 12.9. The van der Waals surface area contributed by atoms with Crippen LogP contribution in [0.15, 0.2) is 41.1 Å². The third-order valence-corrected chi connectivity index (χ3v) is 3.78. The minimum Gasteiger partial charge on any atom is -0.271 e. The fourth-order valence-corrected chi connectivity index (χ4v) is 2.70. The van der Waals surface area contributed by atoms with E-state index >= 15 is 0 Å². The zero-order valence-electron chi connectivity index (χ0n) is 10.5. The molecule has 0 aliphatic heterocycles. The van der Waals surface area contributed by atoms with Crippen molar-refractivity contribution in [2.45, 2.75) is 19.4 Å². The molecule has 0 bridgehead atoms. The molecule has 0 aliphatic carbocycles. The van der Waals surface area contributed by atoms with Gasteiger partial charge in [-0.25, -0.2) is 0 Å². The van der Waals surface area contributed by atoms with E-state index in [1.165, 1.54) is 0 Å². The van der Waals surface area contributed by atoms with Crippen LogP contribution in [0.4, 0.5) is 0 Å². The van der Waals surface area contributed by atoms with Crippen LogP contribution >= 0.6 is 27.5 Å². The minimum absolute atomic E-state index is 0.00826. The summed E-state index contributed by atoms with van der Waals surface area (Å²) in [5.41, 5.74) is 6.04. The van der Waals surface area contributed by atoms with Gasteiger partial charge in [0.1, 0.15) is 0 Å². The van der Waals surface area contributed by atoms with E-state index < -0.39 is 0 Å². The molecule has 2 rings (SSSR count). The van der Waals surface area contributed by atoms with Gasteiger partial charge >= 0.3 is 0 Å². The maximum Gasteiger partial charge on any atom is 0.0516 e. The highest BCUT2D eigenvalue weighted by atomic mass is 79.9. The first-order valence-electron chi connectivity index (χ1n) is 5.91. The van der Waals surface area contributed by atoms with Crippen molar-refractivity contribution < 1.29 is 0 Å². The molecule has 5 heteroatoms. The van der Waals surface area contributed by atoms with E-state index in [0.29, 0.717) is 6.42 Å². The Morgan fingerprint density at radius 2 is 2.16 bits per heavy atom. The molecule has 0 aliphatic rings. The molecule has 19 heavy (non-hydrogen) atoms. The van der Waals surface area contributed by atoms with Crippen molar-refractivity contribution in [3.05, 3.63) is 62.8 Å². The summed E-state index contributed by atoms with van der Waals surface area (Å²) in [6, 6.07) is 7.93. The van der Waals surface area contributed by atoms with Gasteiger partial charge in [0, 0.05) is 21.9 Å². The largest absolute Gasteiger partial charge is 0.271 e. The summed E-state index contributed by atoms with van der Waals surface area (Å²) < 4.78 is 0.968. The molecule has 0 amide bonds. The molecule has 1 atom stereocenters. The summed E-state index contributed by atoms with van der Waals surface area (Å²) in [5.74, 6) is 5.65. The molecular formula is C14H15BrClN3. The number of pyridine rings is 1. The molecule has 0 spiro atoms. The second-order valence-electron chi connectivity index (χ2n) is 4.45. The predicted molar refractivity (Wildman–Crippen MR) is 81.9 cm³/mol. The van der Waals surface area contributed by atoms with Crippen molar-refractivity contribution in [3.63, 3.8) is 0 Å². The van der Waals surface area contributed by atoms with Crippen molar-refractivity contribution in [2.75, 3.05) is 0 Å². The molecule has 1 heterocycles. The van der Waals surface area contributed by atoms with Crippen molar-refractivity contribution >= 4 is 27.5 Å². The fraction of sp³-hybridized carbons (Fsp3) is 0.214. The highest BCUT2D eigenvalue weighted by molar-refractivity contribution is 9.10. The topological polar surface area (TPSA) is 50.9 Å². The van der Waals surface area contributed by atoms with Crippen molar-refractivity contribution in [2.24, 2.45) is 5.84 Å². The van der Waals surface area contributed by atoms with Gasteiger partial charge in [0.15, 0.2) is 0 Å². The minimum atomic E-state index is -0.00826. The van der Waals surface area contributed by atoms with Crippen molar-refractivity contribution in [3.8, 4) is 0 Å². The summed E-state index contributed by atoms with van der Waals surface area (Å²) in [4.78, 5) is 4.20. The van der Waals surface area contributed by atoms with Crippen LogP contribution in [0.5, 0.6) is 0 Å². The van der Waals surface area contributed by atoms with Crippen molar-refractivity contribution in [1.82, 2.24) is 10.4 Å². The van der Waals surface area contributed by atoms with Crippen LogP contribution in [0.2, 0.25) is 5.02 Å². The quantitative estimate of drug-likeness (QED) is 0.661. The van der Waals surface area contributed by atoms with E-state index in [1.54, 1.807) is 0 Å². The predicted octanol–water partition coefficient (Wildman–Crippen LogP) is 3.55. The normalized spacial score (nSPS) is 12.4. The highest BCUT2D eigenvalue weighted by Gasteiger charge is 2.13. The molecule has 3 N–H and O–H groups in total. The van der Waals surface area contributed by atoms with E-state index in [0.717, 1.165) is 26.2 Å². The first-order chi connectivity index (χ1) is 9.10. The summed E-state index contributed by atoms with van der Waals surface area (Å²) in [5, 5.41) is 0.732. The summed E-state index contributed by atoms with van der Waals surface area (Å²) in [6.45, 7) is 2.01. The van der Waals surface area contributed by atoms with Gasteiger partial charge in [-0.05, 0) is 42.2 Å². The lowest BCUT2D eigenvalue weighted by Gasteiger charge is -2.17. The molecule has 0 saturated carbocycles. The summed E-state index contributed by atoms with van der Waals surface area (Å²) in [7, 11) is 0. The Kier molecular flexibility index (Phi) is 4.93. The van der Waals surface area contributed by atoms with E-state index in [1.807, 2.05) is 37.5 Å². The number of benzene rings is 1. The SMILES string of the molecule is Cc1cncc(C(Cc2ccc(Br)cc2Cl)NN)c1. The third kappa shape index (κ3) is 3.76. The lowest BCUT2D eigenvalue weighted by atomic mass is 10.00. The number of hydrazine groups is 1. The molecule has 0 radical (unpaired) electrons. The van der Waals surface area contributed by atoms with Gasteiger partial charge in [-0.2, -0.15) is 0 Å². The second kappa shape index (κ2) is 6.48. The number of aryl methyl sites for hydroxylation is 1. The Hall–Kier alpha value is -0.940. The van der Waals surface area contributed by atoms with Crippen LogP contribution in [-0.4, -0.2) is 4.98 Å². The van der Waals surface area contributed by atoms with E-state index in [-0.39, 0.29) is 6.04 Å². The smallest absolute Gasteiger partial charge is 0.0516 e. The van der Waals surface area contributed by atoms with Crippen LogP contribution in [0.1, 0.15) is 22.7 Å². The number of aromatic nitrogens is 1. The molecular weight excluding hydrogens is 326 g/mol. The van der Waals surface area contributed by atoms with E-state index in [2.05, 4.69) is 32.4 Å². The Balaban J connectivity index is 2.24. The molecule has 2 aromatic rings. The summed E-state index contributed by atoms with van der Waals surface area (Å²) in [6.07, 6.45) is 4.36. The highest BCUT2D eigenvalue weighted by Crippen LogP contribution is 2.26. The average molecular weight is 341 g/mol. The van der Waals surface area contributed by atoms with Crippen LogP contribution in [0.3, 0.4) is 0 Å². The Bertz CT molecular complexity index is 574. The number of halogens is 2. The molecule has 1 aromatic heterocycles. The van der Waals surface area contributed by atoms with Crippen LogP contribution < -0.4 is 11.3 Å². The number of nitrogens with zero attached hydrogens (tertiary/aromatic N) is 1. The number of nitrogens with two attached hydrogens (primary N) is 1. The number of hydrogen-bond donors (Lipinski definition) is 2. The van der Waals surface area contributed by atoms with Crippen LogP contribution in [0, 0.1) is 6.92 Å². The van der Waals surface area contributed by atoms with E-state index in [9.17, 15) is 0 Å². The monoisotopic (exact) mass is 339 g/mol. The first kappa shape index (κ1) is 14.5. The van der Waals surface area contributed by atoms with Crippen LogP contribution in [-0.2, 0) is 6.42 Å². The first-order valence-corrected chi connectivity index (χ1v) is 7.09.